The van der Waals surface area contributed by atoms with Crippen LogP contribution in [0, 0.1) is 0 Å². The number of rotatable bonds is 4. The molecule has 16 heavy (non-hydrogen) atoms. The summed E-state index contributed by atoms with van der Waals surface area (Å²) in [5.41, 5.74) is 5.95. The topological polar surface area (TPSA) is 88.2 Å². The Morgan fingerprint density at radius 1 is 1.62 bits per heavy atom. The number of hydrogen-bond donors (Lipinski definition) is 3. The van der Waals surface area contributed by atoms with Gasteiger partial charge in [-0.05, 0) is 25.0 Å². The number of nitrogens with zero attached hydrogens (tertiary/aromatic N) is 1. The van der Waals surface area contributed by atoms with Gasteiger partial charge in [-0.25, -0.2) is 0 Å². The number of carbonyl (C=O) groups excluding carboxylic acids is 1. The number of aromatic nitrogens is 1. The van der Waals surface area contributed by atoms with Crippen molar-refractivity contribution < 1.29 is 9.90 Å². The number of hydrogen-bond acceptors (Lipinski definition) is 4. The fourth-order valence-corrected chi connectivity index (χ4v) is 1.63. The van der Waals surface area contributed by atoms with Gasteiger partial charge in [0, 0.05) is 6.20 Å². The van der Waals surface area contributed by atoms with Gasteiger partial charge in [-0.3, -0.25) is 9.78 Å². The summed E-state index contributed by atoms with van der Waals surface area (Å²) in [6.07, 6.45) is 3.44. The molecule has 1 fully saturated rings. The number of nitrogens with two attached hydrogens (primary N) is 1. The third-order valence-corrected chi connectivity index (χ3v) is 2.80. The van der Waals surface area contributed by atoms with Gasteiger partial charge in [0.25, 0.3) is 0 Å². The predicted molar refractivity (Wildman–Crippen MR) is 58.4 cm³/mol. The van der Waals surface area contributed by atoms with Crippen LogP contribution in [0.3, 0.4) is 0 Å². The van der Waals surface area contributed by atoms with E-state index in [2.05, 4.69) is 10.3 Å². The van der Waals surface area contributed by atoms with E-state index in [0.717, 1.165) is 18.5 Å². The van der Waals surface area contributed by atoms with Gasteiger partial charge in [0.1, 0.15) is 6.04 Å². The Labute approximate surface area is 93.7 Å². The van der Waals surface area contributed by atoms with E-state index in [1.807, 2.05) is 18.2 Å². The van der Waals surface area contributed by atoms with Crippen LogP contribution in [-0.2, 0) is 10.3 Å². The minimum atomic E-state index is -0.860. The van der Waals surface area contributed by atoms with E-state index >= 15 is 0 Å². The summed E-state index contributed by atoms with van der Waals surface area (Å²) in [6.45, 7) is -0.343. The molecule has 1 atom stereocenters. The molecule has 1 aliphatic rings. The Morgan fingerprint density at radius 3 is 2.88 bits per heavy atom. The third kappa shape index (κ3) is 2.05. The minimum Gasteiger partial charge on any atom is -0.394 e. The van der Waals surface area contributed by atoms with Gasteiger partial charge in [0.2, 0.25) is 5.91 Å². The molecule has 1 saturated carbocycles. The number of amides is 1. The van der Waals surface area contributed by atoms with E-state index in [4.69, 9.17) is 10.8 Å². The van der Waals surface area contributed by atoms with E-state index < -0.39 is 6.04 Å². The molecule has 0 unspecified atom stereocenters. The number of aliphatic hydroxyl groups excluding tert-OH is 1. The molecule has 2 rings (SSSR count). The van der Waals surface area contributed by atoms with E-state index in [0.29, 0.717) is 0 Å². The van der Waals surface area contributed by atoms with Gasteiger partial charge < -0.3 is 16.2 Å². The van der Waals surface area contributed by atoms with Crippen LogP contribution in [0.4, 0.5) is 0 Å². The highest BCUT2D eigenvalue weighted by atomic mass is 16.3. The summed E-state index contributed by atoms with van der Waals surface area (Å²) in [5.74, 6) is -0.328. The van der Waals surface area contributed by atoms with Crippen molar-refractivity contribution in [3.63, 3.8) is 0 Å². The molecule has 5 nitrogen and oxygen atoms in total. The maximum atomic E-state index is 11.6. The first kappa shape index (κ1) is 11.0. The zero-order valence-corrected chi connectivity index (χ0v) is 8.89. The van der Waals surface area contributed by atoms with Crippen LogP contribution in [0.1, 0.15) is 18.5 Å². The Balaban J connectivity index is 2.08. The van der Waals surface area contributed by atoms with Crippen molar-refractivity contribution in [3.8, 4) is 0 Å². The summed E-state index contributed by atoms with van der Waals surface area (Å²) >= 11 is 0. The van der Waals surface area contributed by atoms with Crippen molar-refractivity contribution in [2.45, 2.75) is 24.4 Å². The lowest BCUT2D eigenvalue weighted by Gasteiger charge is -2.18. The van der Waals surface area contributed by atoms with E-state index in [1.165, 1.54) is 0 Å². The summed E-state index contributed by atoms with van der Waals surface area (Å²) < 4.78 is 0. The Hall–Kier alpha value is -1.46. The van der Waals surface area contributed by atoms with Gasteiger partial charge in [0.05, 0.1) is 17.8 Å². The highest BCUT2D eigenvalue weighted by Gasteiger charge is 2.47. The molecule has 0 aromatic carbocycles. The van der Waals surface area contributed by atoms with Gasteiger partial charge in [-0.15, -0.1) is 0 Å². The lowest BCUT2D eigenvalue weighted by molar-refractivity contribution is -0.124. The highest BCUT2D eigenvalue weighted by molar-refractivity contribution is 5.82. The lowest BCUT2D eigenvalue weighted by Crippen LogP contribution is -2.47. The average molecular weight is 221 g/mol. The lowest BCUT2D eigenvalue weighted by atomic mass is 10.1. The Kier molecular flexibility index (Phi) is 2.89. The van der Waals surface area contributed by atoms with Crippen molar-refractivity contribution in [2.24, 2.45) is 5.73 Å². The minimum absolute atomic E-state index is 0.328. The molecule has 0 saturated heterocycles. The molecule has 1 heterocycles. The largest absolute Gasteiger partial charge is 0.394 e. The number of aliphatic hydroxyl groups is 1. The number of nitrogens with one attached hydrogen (secondary N) is 1. The van der Waals surface area contributed by atoms with Crippen molar-refractivity contribution >= 4 is 5.91 Å². The van der Waals surface area contributed by atoms with Crippen LogP contribution in [0.25, 0.3) is 0 Å². The molecule has 0 spiro atoms. The fraction of sp³-hybridized carbons (Fsp3) is 0.455. The van der Waals surface area contributed by atoms with Gasteiger partial charge >= 0.3 is 0 Å². The van der Waals surface area contributed by atoms with Gasteiger partial charge in [-0.1, -0.05) is 6.07 Å². The normalized spacial score (nSPS) is 18.9. The van der Waals surface area contributed by atoms with Crippen molar-refractivity contribution in [1.29, 1.82) is 0 Å². The maximum absolute atomic E-state index is 11.6. The first-order chi connectivity index (χ1) is 7.68. The van der Waals surface area contributed by atoms with E-state index in [-0.39, 0.29) is 18.1 Å². The summed E-state index contributed by atoms with van der Waals surface area (Å²) in [5, 5.41) is 11.6. The van der Waals surface area contributed by atoms with Crippen LogP contribution < -0.4 is 11.1 Å². The smallest absolute Gasteiger partial charge is 0.240 e. The predicted octanol–water partition coefficient (Wildman–Crippen LogP) is -0.493. The zero-order chi connectivity index (χ0) is 11.6. The Morgan fingerprint density at radius 2 is 2.38 bits per heavy atom. The molecular formula is C11H15N3O2. The third-order valence-electron chi connectivity index (χ3n) is 2.80. The molecule has 0 radical (unpaired) electrons. The SMILES string of the molecule is N[C@@H](CO)C(=O)NC1(c2ccccn2)CC1. The van der Waals surface area contributed by atoms with Gasteiger partial charge in [0.15, 0.2) is 0 Å². The van der Waals surface area contributed by atoms with Crippen LogP contribution in [0.5, 0.6) is 0 Å². The average Bonchev–Trinajstić information content (AvgIpc) is 3.10. The van der Waals surface area contributed by atoms with E-state index in [1.54, 1.807) is 6.20 Å². The quantitative estimate of drug-likeness (QED) is 0.640. The number of carbonyl (C=O) groups is 1. The maximum Gasteiger partial charge on any atom is 0.240 e. The monoisotopic (exact) mass is 221 g/mol. The zero-order valence-electron chi connectivity index (χ0n) is 8.89. The Bertz CT molecular complexity index is 376. The first-order valence-electron chi connectivity index (χ1n) is 5.28. The van der Waals surface area contributed by atoms with Gasteiger partial charge in [-0.2, -0.15) is 0 Å². The molecular weight excluding hydrogens is 206 g/mol. The second-order valence-corrected chi connectivity index (χ2v) is 4.08. The molecule has 1 amide bonds. The number of pyridine rings is 1. The molecule has 5 heteroatoms. The van der Waals surface area contributed by atoms with Crippen LogP contribution in [0.15, 0.2) is 24.4 Å². The first-order valence-corrected chi connectivity index (χ1v) is 5.28. The van der Waals surface area contributed by atoms with Crippen LogP contribution in [-0.4, -0.2) is 28.6 Å². The van der Waals surface area contributed by atoms with E-state index in [9.17, 15) is 4.79 Å². The summed E-state index contributed by atoms with van der Waals surface area (Å²) in [7, 11) is 0. The van der Waals surface area contributed by atoms with Crippen molar-refractivity contribution in [1.82, 2.24) is 10.3 Å². The molecule has 1 aromatic rings. The molecule has 86 valence electrons. The van der Waals surface area contributed by atoms with Crippen LogP contribution >= 0.6 is 0 Å². The van der Waals surface area contributed by atoms with Crippen molar-refractivity contribution in [2.75, 3.05) is 6.61 Å². The summed E-state index contributed by atoms with van der Waals surface area (Å²) in [6, 6.07) is 4.75. The molecule has 1 aliphatic carbocycles. The molecule has 0 aliphatic heterocycles. The molecule has 0 bridgehead atoms. The second-order valence-electron chi connectivity index (χ2n) is 4.08. The highest BCUT2D eigenvalue weighted by Crippen LogP contribution is 2.44. The molecule has 1 aromatic heterocycles. The molecule has 4 N–H and O–H groups in total. The van der Waals surface area contributed by atoms with Crippen molar-refractivity contribution in [3.05, 3.63) is 30.1 Å². The van der Waals surface area contributed by atoms with Crippen LogP contribution in [0.2, 0.25) is 0 Å². The fourth-order valence-electron chi connectivity index (χ4n) is 1.63. The summed E-state index contributed by atoms with van der Waals surface area (Å²) in [4.78, 5) is 15.8. The second kappa shape index (κ2) is 4.19. The standard InChI is InChI=1S/C11H15N3O2/c12-8(7-15)10(16)14-11(4-5-11)9-3-1-2-6-13-9/h1-3,6,8,15H,4-5,7,12H2,(H,14,16)/t8-/m0/s1.